The van der Waals surface area contributed by atoms with Gasteiger partial charge < -0.3 is 5.11 Å². The first kappa shape index (κ1) is 15.3. The van der Waals surface area contributed by atoms with E-state index in [1.54, 1.807) is 12.1 Å². The molecule has 0 bridgehead atoms. The third-order valence-electron chi connectivity index (χ3n) is 3.58. The molecule has 2 rings (SSSR count). The normalized spacial score (nSPS) is 11.0. The van der Waals surface area contributed by atoms with Gasteiger partial charge in [0.05, 0.1) is 5.56 Å². The van der Waals surface area contributed by atoms with Crippen molar-refractivity contribution in [1.29, 1.82) is 0 Å². The Kier molecular flexibility index (Phi) is 5.12. The number of hydrogen-bond acceptors (Lipinski definition) is 2. The molecule has 0 heterocycles. The third-order valence-corrected chi connectivity index (χ3v) is 3.58. The van der Waals surface area contributed by atoms with E-state index in [9.17, 15) is 9.90 Å². The van der Waals surface area contributed by atoms with Gasteiger partial charge in [0, 0.05) is 19.1 Å². The minimum atomic E-state index is -0.867. The lowest BCUT2D eigenvalue weighted by Gasteiger charge is -2.27. The Morgan fingerprint density at radius 3 is 2.24 bits per heavy atom. The summed E-state index contributed by atoms with van der Waals surface area (Å²) in [6, 6.07) is 17.8. The van der Waals surface area contributed by atoms with Gasteiger partial charge in [0.25, 0.3) is 0 Å². The van der Waals surface area contributed by atoms with Gasteiger partial charge in [0.2, 0.25) is 0 Å². The molecule has 0 aliphatic heterocycles. The zero-order valence-corrected chi connectivity index (χ0v) is 12.5. The van der Waals surface area contributed by atoms with Crippen LogP contribution in [-0.4, -0.2) is 22.0 Å². The van der Waals surface area contributed by atoms with Gasteiger partial charge in [-0.15, -0.1) is 0 Å². The van der Waals surface area contributed by atoms with Crippen molar-refractivity contribution in [1.82, 2.24) is 4.90 Å². The molecule has 0 atom stereocenters. The second-order valence-corrected chi connectivity index (χ2v) is 5.45. The van der Waals surface area contributed by atoms with Crippen LogP contribution in [0.3, 0.4) is 0 Å². The summed E-state index contributed by atoms with van der Waals surface area (Å²) >= 11 is 0. The van der Waals surface area contributed by atoms with Crippen molar-refractivity contribution in [2.45, 2.75) is 33.0 Å². The van der Waals surface area contributed by atoms with Crippen molar-refractivity contribution in [3.05, 3.63) is 71.3 Å². The van der Waals surface area contributed by atoms with Gasteiger partial charge in [-0.3, -0.25) is 4.90 Å². The molecule has 0 aromatic heterocycles. The zero-order chi connectivity index (χ0) is 15.2. The fourth-order valence-corrected chi connectivity index (χ4v) is 2.32. The topological polar surface area (TPSA) is 40.5 Å². The Morgan fingerprint density at radius 2 is 1.62 bits per heavy atom. The first-order chi connectivity index (χ1) is 10.1. The highest BCUT2D eigenvalue weighted by atomic mass is 16.4. The summed E-state index contributed by atoms with van der Waals surface area (Å²) < 4.78 is 0. The number of carboxylic acids is 1. The third kappa shape index (κ3) is 4.17. The minimum Gasteiger partial charge on any atom is -0.478 e. The Balaban J connectivity index is 2.19. The fourth-order valence-electron chi connectivity index (χ4n) is 2.32. The molecule has 110 valence electrons. The van der Waals surface area contributed by atoms with E-state index in [1.165, 1.54) is 5.56 Å². The van der Waals surface area contributed by atoms with Crippen LogP contribution in [0.4, 0.5) is 0 Å². The SMILES string of the molecule is CC(C)N(Cc1ccccc1)Cc1ccccc1C(=O)O. The van der Waals surface area contributed by atoms with E-state index in [0.29, 0.717) is 18.2 Å². The van der Waals surface area contributed by atoms with Crippen LogP contribution in [0, 0.1) is 0 Å². The molecule has 0 radical (unpaired) electrons. The fraction of sp³-hybridized carbons (Fsp3) is 0.278. The number of nitrogens with zero attached hydrogens (tertiary/aromatic N) is 1. The Labute approximate surface area is 125 Å². The van der Waals surface area contributed by atoms with Crippen LogP contribution in [0.25, 0.3) is 0 Å². The van der Waals surface area contributed by atoms with Gasteiger partial charge in [-0.2, -0.15) is 0 Å². The maximum Gasteiger partial charge on any atom is 0.336 e. The minimum absolute atomic E-state index is 0.340. The number of benzene rings is 2. The molecular formula is C18H21NO2. The lowest BCUT2D eigenvalue weighted by Crippen LogP contribution is -2.30. The largest absolute Gasteiger partial charge is 0.478 e. The summed E-state index contributed by atoms with van der Waals surface area (Å²) in [5.41, 5.74) is 2.48. The molecule has 3 heteroatoms. The highest BCUT2D eigenvalue weighted by molar-refractivity contribution is 5.89. The standard InChI is InChI=1S/C18H21NO2/c1-14(2)19(12-15-8-4-3-5-9-15)13-16-10-6-7-11-17(16)18(20)21/h3-11,14H,12-13H2,1-2H3,(H,20,21). The summed E-state index contributed by atoms with van der Waals surface area (Å²) in [6.07, 6.45) is 0. The number of aromatic carboxylic acids is 1. The first-order valence-electron chi connectivity index (χ1n) is 7.17. The molecule has 0 saturated carbocycles. The van der Waals surface area contributed by atoms with E-state index in [4.69, 9.17) is 0 Å². The molecule has 21 heavy (non-hydrogen) atoms. The first-order valence-corrected chi connectivity index (χ1v) is 7.17. The maximum atomic E-state index is 11.3. The highest BCUT2D eigenvalue weighted by Crippen LogP contribution is 2.16. The molecule has 0 fully saturated rings. The monoisotopic (exact) mass is 283 g/mol. The molecule has 1 N–H and O–H groups in total. The van der Waals surface area contributed by atoms with Crippen LogP contribution < -0.4 is 0 Å². The Bertz CT molecular complexity index is 593. The second kappa shape index (κ2) is 7.04. The van der Waals surface area contributed by atoms with Crippen LogP contribution in [0.5, 0.6) is 0 Å². The van der Waals surface area contributed by atoms with E-state index < -0.39 is 5.97 Å². The zero-order valence-electron chi connectivity index (χ0n) is 12.5. The lowest BCUT2D eigenvalue weighted by molar-refractivity contribution is 0.0693. The molecule has 0 unspecified atom stereocenters. The average molecular weight is 283 g/mol. The summed E-state index contributed by atoms with van der Waals surface area (Å²) in [4.78, 5) is 13.6. The van der Waals surface area contributed by atoms with Crippen molar-refractivity contribution in [2.24, 2.45) is 0 Å². The van der Waals surface area contributed by atoms with Crippen LogP contribution >= 0.6 is 0 Å². The van der Waals surface area contributed by atoms with Crippen LogP contribution in [0.1, 0.15) is 35.3 Å². The number of hydrogen-bond donors (Lipinski definition) is 1. The number of carbonyl (C=O) groups is 1. The van der Waals surface area contributed by atoms with Gasteiger partial charge >= 0.3 is 5.97 Å². The molecule has 2 aromatic carbocycles. The molecule has 3 nitrogen and oxygen atoms in total. The quantitative estimate of drug-likeness (QED) is 0.876. The Morgan fingerprint density at radius 1 is 1.00 bits per heavy atom. The van der Waals surface area contributed by atoms with Crippen LogP contribution in [-0.2, 0) is 13.1 Å². The van der Waals surface area contributed by atoms with E-state index in [-0.39, 0.29) is 0 Å². The van der Waals surface area contributed by atoms with Crippen LogP contribution in [0.2, 0.25) is 0 Å². The average Bonchev–Trinajstić information content (AvgIpc) is 2.48. The van der Waals surface area contributed by atoms with Crippen molar-refractivity contribution < 1.29 is 9.90 Å². The molecule has 0 aliphatic rings. The van der Waals surface area contributed by atoms with Gasteiger partial charge in [-0.25, -0.2) is 4.79 Å². The molecule has 0 amide bonds. The summed E-state index contributed by atoms with van der Waals surface area (Å²) in [5.74, 6) is -0.867. The van der Waals surface area contributed by atoms with E-state index in [2.05, 4.69) is 30.9 Å². The summed E-state index contributed by atoms with van der Waals surface area (Å²) in [6.45, 7) is 5.71. The predicted octanol–water partition coefficient (Wildman–Crippen LogP) is 3.80. The smallest absolute Gasteiger partial charge is 0.336 e. The molecule has 2 aromatic rings. The Hall–Kier alpha value is -2.13. The summed E-state index contributed by atoms with van der Waals surface area (Å²) in [7, 11) is 0. The summed E-state index contributed by atoms with van der Waals surface area (Å²) in [5, 5.41) is 9.29. The van der Waals surface area contributed by atoms with Crippen molar-refractivity contribution in [2.75, 3.05) is 0 Å². The van der Waals surface area contributed by atoms with Crippen molar-refractivity contribution >= 4 is 5.97 Å². The molecule has 0 aliphatic carbocycles. The van der Waals surface area contributed by atoms with Gasteiger partial charge in [0.15, 0.2) is 0 Å². The van der Waals surface area contributed by atoms with Crippen LogP contribution in [0.15, 0.2) is 54.6 Å². The van der Waals surface area contributed by atoms with Crippen molar-refractivity contribution in [3.8, 4) is 0 Å². The molecule has 0 spiro atoms. The lowest BCUT2D eigenvalue weighted by atomic mass is 10.1. The van der Waals surface area contributed by atoms with Crippen molar-refractivity contribution in [3.63, 3.8) is 0 Å². The predicted molar refractivity (Wildman–Crippen MR) is 84.2 cm³/mol. The molecular weight excluding hydrogens is 262 g/mol. The number of rotatable bonds is 6. The van der Waals surface area contributed by atoms with Gasteiger partial charge in [-0.1, -0.05) is 48.5 Å². The van der Waals surface area contributed by atoms with Gasteiger partial charge in [0.1, 0.15) is 0 Å². The van der Waals surface area contributed by atoms with E-state index >= 15 is 0 Å². The highest BCUT2D eigenvalue weighted by Gasteiger charge is 2.15. The van der Waals surface area contributed by atoms with Gasteiger partial charge in [-0.05, 0) is 31.0 Å². The molecule has 0 saturated heterocycles. The van der Waals surface area contributed by atoms with E-state index in [0.717, 1.165) is 12.1 Å². The number of carboxylic acid groups (broad SMARTS) is 1. The second-order valence-electron chi connectivity index (χ2n) is 5.45. The maximum absolute atomic E-state index is 11.3. The van der Waals surface area contributed by atoms with E-state index in [1.807, 2.05) is 30.3 Å².